The highest BCUT2D eigenvalue weighted by Crippen LogP contribution is 2.34. The zero-order valence-electron chi connectivity index (χ0n) is 10.7. The maximum Gasteiger partial charge on any atom is 0.416 e. The summed E-state index contributed by atoms with van der Waals surface area (Å²) in [6, 6.07) is 4.49. The fourth-order valence-corrected chi connectivity index (χ4v) is 2.14. The van der Waals surface area contributed by atoms with E-state index in [9.17, 15) is 13.2 Å². The van der Waals surface area contributed by atoms with E-state index in [4.69, 9.17) is 17.3 Å². The summed E-state index contributed by atoms with van der Waals surface area (Å²) >= 11 is 7.15. The summed E-state index contributed by atoms with van der Waals surface area (Å²) < 4.78 is 37.7. The average molecular weight is 335 g/mol. The molecule has 0 bridgehead atoms. The van der Waals surface area contributed by atoms with Crippen molar-refractivity contribution in [3.05, 3.63) is 34.9 Å². The molecule has 0 saturated heterocycles. The third-order valence-electron chi connectivity index (χ3n) is 2.47. The minimum Gasteiger partial charge on any atom is -0.383 e. The molecular weight excluding hydrogens is 325 g/mol. The molecule has 4 nitrogen and oxygen atoms in total. The Kier molecular flexibility index (Phi) is 4.48. The predicted octanol–water partition coefficient (Wildman–Crippen LogP) is 4.20. The van der Waals surface area contributed by atoms with Gasteiger partial charge in [0.05, 0.1) is 16.3 Å². The van der Waals surface area contributed by atoms with Crippen LogP contribution in [0.15, 0.2) is 29.4 Å². The van der Waals surface area contributed by atoms with E-state index in [0.717, 1.165) is 12.1 Å². The topological polar surface area (TPSA) is 63.8 Å². The molecule has 0 spiro atoms. The molecule has 9 heteroatoms. The number of aromatic nitrogens is 2. The van der Waals surface area contributed by atoms with Gasteiger partial charge in [0.2, 0.25) is 0 Å². The van der Waals surface area contributed by atoms with Crippen LogP contribution in [0.5, 0.6) is 0 Å². The number of alkyl halides is 3. The Morgan fingerprint density at radius 2 is 1.95 bits per heavy atom. The number of nitrogens with two attached hydrogens (primary N) is 1. The molecule has 3 N–H and O–H groups in total. The zero-order valence-corrected chi connectivity index (χ0v) is 12.3. The van der Waals surface area contributed by atoms with E-state index < -0.39 is 11.7 Å². The molecular formula is C12H10ClF3N4S. The Bertz CT molecular complexity index is 663. The Morgan fingerprint density at radius 3 is 2.52 bits per heavy atom. The first kappa shape index (κ1) is 15.7. The minimum absolute atomic E-state index is 0.0623. The minimum atomic E-state index is -4.44. The summed E-state index contributed by atoms with van der Waals surface area (Å²) in [5.74, 6) is 0.605. The highest BCUT2D eigenvalue weighted by molar-refractivity contribution is 7.98. The van der Waals surface area contributed by atoms with Gasteiger partial charge in [0.15, 0.2) is 5.16 Å². The molecule has 1 aromatic heterocycles. The summed E-state index contributed by atoms with van der Waals surface area (Å²) in [7, 11) is 0. The van der Waals surface area contributed by atoms with Gasteiger partial charge in [0.25, 0.3) is 0 Å². The van der Waals surface area contributed by atoms with Gasteiger partial charge in [-0.25, -0.2) is 9.97 Å². The molecule has 2 rings (SSSR count). The molecule has 0 atom stereocenters. The third-order valence-corrected chi connectivity index (χ3v) is 3.33. The average Bonchev–Trinajstić information content (AvgIpc) is 2.39. The lowest BCUT2D eigenvalue weighted by atomic mass is 10.2. The molecule has 0 aliphatic heterocycles. The van der Waals surface area contributed by atoms with Gasteiger partial charge in [-0.15, -0.1) is 0 Å². The van der Waals surface area contributed by atoms with Gasteiger partial charge < -0.3 is 11.1 Å². The standard InChI is InChI=1S/C12H10ClF3N4S/c1-21-11-19-9(17)5-10(20-11)18-8-3-2-6(4-7(8)13)12(14,15)16/h2-5H,1H3,(H3,17,18,19,20). The first-order valence-corrected chi connectivity index (χ1v) is 7.22. The van der Waals surface area contributed by atoms with Crippen LogP contribution in [0.25, 0.3) is 0 Å². The Balaban J connectivity index is 2.30. The number of anilines is 3. The Morgan fingerprint density at radius 1 is 1.24 bits per heavy atom. The Hall–Kier alpha value is -1.67. The predicted molar refractivity (Wildman–Crippen MR) is 78.0 cm³/mol. The van der Waals surface area contributed by atoms with Gasteiger partial charge in [-0.05, 0) is 24.5 Å². The van der Waals surface area contributed by atoms with Crippen LogP contribution in [0.4, 0.5) is 30.5 Å². The van der Waals surface area contributed by atoms with Gasteiger partial charge in [-0.1, -0.05) is 23.4 Å². The molecule has 0 amide bonds. The summed E-state index contributed by atoms with van der Waals surface area (Å²) in [4.78, 5) is 8.11. The van der Waals surface area contributed by atoms with Crippen LogP contribution in [-0.4, -0.2) is 16.2 Å². The molecule has 0 fully saturated rings. The van der Waals surface area contributed by atoms with Gasteiger partial charge in [0.1, 0.15) is 11.6 Å². The fraction of sp³-hybridized carbons (Fsp3) is 0.167. The lowest BCUT2D eigenvalue weighted by Gasteiger charge is -2.12. The number of thioether (sulfide) groups is 1. The van der Waals surface area contributed by atoms with E-state index in [-0.39, 0.29) is 10.8 Å². The molecule has 0 unspecified atom stereocenters. The molecule has 1 heterocycles. The summed E-state index contributed by atoms with van der Waals surface area (Å²) in [6.45, 7) is 0. The van der Waals surface area contributed by atoms with Crippen LogP contribution in [0.3, 0.4) is 0 Å². The van der Waals surface area contributed by atoms with Crippen molar-refractivity contribution in [1.29, 1.82) is 0 Å². The van der Waals surface area contributed by atoms with E-state index in [2.05, 4.69) is 15.3 Å². The molecule has 0 aliphatic rings. The van der Waals surface area contributed by atoms with Crippen molar-refractivity contribution < 1.29 is 13.2 Å². The largest absolute Gasteiger partial charge is 0.416 e. The van der Waals surface area contributed by atoms with Crippen molar-refractivity contribution in [3.63, 3.8) is 0 Å². The van der Waals surface area contributed by atoms with Crippen molar-refractivity contribution in [2.75, 3.05) is 17.3 Å². The first-order valence-electron chi connectivity index (χ1n) is 5.62. The molecule has 112 valence electrons. The molecule has 0 aliphatic carbocycles. The maximum atomic E-state index is 12.6. The molecule has 21 heavy (non-hydrogen) atoms. The van der Waals surface area contributed by atoms with E-state index in [1.165, 1.54) is 23.9 Å². The number of hydrogen-bond donors (Lipinski definition) is 2. The van der Waals surface area contributed by atoms with Gasteiger partial charge in [-0.2, -0.15) is 13.2 Å². The fourth-order valence-electron chi connectivity index (χ4n) is 1.53. The third kappa shape index (κ3) is 3.92. The molecule has 0 saturated carbocycles. The van der Waals surface area contributed by atoms with Crippen molar-refractivity contribution in [3.8, 4) is 0 Å². The number of hydrogen-bond acceptors (Lipinski definition) is 5. The lowest BCUT2D eigenvalue weighted by Crippen LogP contribution is -2.05. The second kappa shape index (κ2) is 5.98. The molecule has 0 radical (unpaired) electrons. The number of nitrogen functional groups attached to an aromatic ring is 1. The number of rotatable bonds is 3. The zero-order chi connectivity index (χ0) is 15.6. The smallest absolute Gasteiger partial charge is 0.383 e. The van der Waals surface area contributed by atoms with Crippen molar-refractivity contribution in [1.82, 2.24) is 9.97 Å². The van der Waals surface area contributed by atoms with Crippen molar-refractivity contribution in [2.45, 2.75) is 11.3 Å². The monoisotopic (exact) mass is 334 g/mol. The van der Waals surface area contributed by atoms with Gasteiger partial charge in [0, 0.05) is 6.07 Å². The van der Waals surface area contributed by atoms with Crippen LogP contribution >= 0.6 is 23.4 Å². The van der Waals surface area contributed by atoms with Crippen LogP contribution in [0.2, 0.25) is 5.02 Å². The van der Waals surface area contributed by atoms with Crippen molar-refractivity contribution in [2.24, 2.45) is 0 Å². The van der Waals surface area contributed by atoms with Crippen LogP contribution < -0.4 is 11.1 Å². The lowest BCUT2D eigenvalue weighted by molar-refractivity contribution is -0.137. The van der Waals surface area contributed by atoms with Gasteiger partial charge in [-0.3, -0.25) is 0 Å². The summed E-state index contributed by atoms with van der Waals surface area (Å²) in [5, 5.41) is 3.21. The van der Waals surface area contributed by atoms with E-state index >= 15 is 0 Å². The Labute approximate surface area is 127 Å². The van der Waals surface area contributed by atoms with E-state index in [1.54, 1.807) is 6.26 Å². The van der Waals surface area contributed by atoms with Crippen molar-refractivity contribution >= 4 is 40.7 Å². The second-order valence-electron chi connectivity index (χ2n) is 3.98. The normalized spacial score (nSPS) is 11.5. The quantitative estimate of drug-likeness (QED) is 0.650. The SMILES string of the molecule is CSc1nc(N)cc(Nc2ccc(C(F)(F)F)cc2Cl)n1. The second-order valence-corrected chi connectivity index (χ2v) is 5.16. The van der Waals surface area contributed by atoms with Crippen LogP contribution in [0, 0.1) is 0 Å². The van der Waals surface area contributed by atoms with E-state index in [1.807, 2.05) is 0 Å². The highest BCUT2D eigenvalue weighted by Gasteiger charge is 2.30. The summed E-state index contributed by atoms with van der Waals surface area (Å²) in [6.07, 6.45) is -2.66. The number of nitrogens with one attached hydrogen (secondary N) is 1. The molecule has 2 aromatic rings. The number of halogens is 4. The van der Waals surface area contributed by atoms with Crippen LogP contribution in [-0.2, 0) is 6.18 Å². The number of nitrogens with zero attached hydrogens (tertiary/aromatic N) is 2. The molecule has 1 aromatic carbocycles. The summed E-state index contributed by atoms with van der Waals surface area (Å²) in [5.41, 5.74) is 5.11. The highest BCUT2D eigenvalue weighted by atomic mass is 35.5. The van der Waals surface area contributed by atoms with Crippen LogP contribution in [0.1, 0.15) is 5.56 Å². The number of benzene rings is 1. The van der Waals surface area contributed by atoms with E-state index in [0.29, 0.717) is 16.7 Å². The maximum absolute atomic E-state index is 12.6. The first-order chi connectivity index (χ1) is 9.79. The van der Waals surface area contributed by atoms with Gasteiger partial charge >= 0.3 is 6.18 Å².